The summed E-state index contributed by atoms with van der Waals surface area (Å²) in [6.07, 6.45) is 1.72. The van der Waals surface area contributed by atoms with Crippen LogP contribution in [0.15, 0.2) is 42.2 Å². The number of ketones is 1. The van der Waals surface area contributed by atoms with Crippen LogP contribution in [-0.4, -0.2) is 12.4 Å². The number of hydrogen-bond acceptors (Lipinski definition) is 3. The number of aryl methyl sites for hydroxylation is 1. The molecule has 2 aromatic carbocycles. The number of carbonyl (C=O) groups excluding carboxylic acids is 1. The van der Waals surface area contributed by atoms with E-state index in [1.807, 2.05) is 32.0 Å². The third-order valence-corrected chi connectivity index (χ3v) is 3.67. The van der Waals surface area contributed by atoms with E-state index < -0.39 is 0 Å². The van der Waals surface area contributed by atoms with Gasteiger partial charge in [-0.1, -0.05) is 23.7 Å². The van der Waals surface area contributed by atoms with E-state index in [-0.39, 0.29) is 5.78 Å². The second-order valence-corrected chi connectivity index (χ2v) is 5.47. The minimum absolute atomic E-state index is 0.106. The maximum absolute atomic E-state index is 12.5. The van der Waals surface area contributed by atoms with Crippen LogP contribution in [0.2, 0.25) is 5.02 Å². The molecule has 0 bridgehead atoms. The van der Waals surface area contributed by atoms with Crippen molar-refractivity contribution >= 4 is 23.5 Å². The first-order valence-electron chi connectivity index (χ1n) is 7.05. The Labute approximate surface area is 134 Å². The molecule has 1 aliphatic heterocycles. The number of benzene rings is 2. The lowest BCUT2D eigenvalue weighted by atomic mass is 10.0. The first-order chi connectivity index (χ1) is 10.6. The van der Waals surface area contributed by atoms with Crippen molar-refractivity contribution in [3.8, 4) is 11.5 Å². The van der Waals surface area contributed by atoms with Crippen molar-refractivity contribution in [3.05, 3.63) is 63.9 Å². The highest BCUT2D eigenvalue weighted by molar-refractivity contribution is 6.30. The number of halogens is 1. The summed E-state index contributed by atoms with van der Waals surface area (Å²) in [4.78, 5) is 12.5. The quantitative estimate of drug-likeness (QED) is 0.773. The van der Waals surface area contributed by atoms with Crippen molar-refractivity contribution in [1.82, 2.24) is 0 Å². The van der Waals surface area contributed by atoms with E-state index in [9.17, 15) is 4.79 Å². The van der Waals surface area contributed by atoms with Crippen molar-refractivity contribution in [2.45, 2.75) is 13.8 Å². The monoisotopic (exact) mass is 314 g/mol. The van der Waals surface area contributed by atoms with Crippen molar-refractivity contribution in [1.29, 1.82) is 0 Å². The Morgan fingerprint density at radius 2 is 1.95 bits per heavy atom. The summed E-state index contributed by atoms with van der Waals surface area (Å²) in [5, 5.41) is 0.654. The number of carbonyl (C=O) groups is 1. The van der Waals surface area contributed by atoms with Crippen LogP contribution in [0.4, 0.5) is 0 Å². The Kier molecular flexibility index (Phi) is 3.90. The molecular formula is C18H15ClO3. The van der Waals surface area contributed by atoms with Crippen LogP contribution < -0.4 is 9.47 Å². The molecule has 2 aromatic rings. The summed E-state index contributed by atoms with van der Waals surface area (Å²) in [6.45, 7) is 4.37. The Hall–Kier alpha value is -2.26. The van der Waals surface area contributed by atoms with Crippen molar-refractivity contribution < 1.29 is 14.3 Å². The lowest BCUT2D eigenvalue weighted by Crippen LogP contribution is -1.99. The van der Waals surface area contributed by atoms with Crippen molar-refractivity contribution in [2.24, 2.45) is 0 Å². The van der Waals surface area contributed by atoms with Crippen LogP contribution in [0.5, 0.6) is 11.5 Å². The summed E-state index contributed by atoms with van der Waals surface area (Å²) in [5.41, 5.74) is 2.32. The van der Waals surface area contributed by atoms with Gasteiger partial charge in [0.05, 0.1) is 12.2 Å². The topological polar surface area (TPSA) is 35.5 Å². The first kappa shape index (κ1) is 14.7. The van der Waals surface area contributed by atoms with Gasteiger partial charge in [0.2, 0.25) is 5.78 Å². The molecule has 112 valence electrons. The highest BCUT2D eigenvalue weighted by atomic mass is 35.5. The molecule has 1 heterocycles. The van der Waals surface area contributed by atoms with Gasteiger partial charge in [0.1, 0.15) is 11.5 Å². The summed E-state index contributed by atoms with van der Waals surface area (Å²) < 4.78 is 11.2. The molecular weight excluding hydrogens is 300 g/mol. The second-order valence-electron chi connectivity index (χ2n) is 5.04. The standard InChI is InChI=1S/C18H15ClO3/c1-3-21-14-8-11(2)17-15(10-14)22-16(18(17)20)9-12-4-6-13(19)7-5-12/h4-10H,3H2,1-2H3/b16-9-. The Morgan fingerprint density at radius 1 is 1.23 bits per heavy atom. The largest absolute Gasteiger partial charge is 0.494 e. The Morgan fingerprint density at radius 3 is 2.64 bits per heavy atom. The van der Waals surface area contributed by atoms with E-state index in [0.717, 1.165) is 11.1 Å². The molecule has 0 fully saturated rings. The molecule has 3 rings (SSSR count). The van der Waals surface area contributed by atoms with Gasteiger partial charge in [0.25, 0.3) is 0 Å². The van der Waals surface area contributed by atoms with Gasteiger partial charge in [-0.05, 0) is 49.2 Å². The van der Waals surface area contributed by atoms with E-state index in [4.69, 9.17) is 21.1 Å². The summed E-state index contributed by atoms with van der Waals surface area (Å²) in [7, 11) is 0. The van der Waals surface area contributed by atoms with Gasteiger partial charge in [-0.2, -0.15) is 0 Å². The molecule has 3 nitrogen and oxygen atoms in total. The van der Waals surface area contributed by atoms with Gasteiger partial charge in [0.15, 0.2) is 5.76 Å². The number of allylic oxidation sites excluding steroid dienone is 1. The lowest BCUT2D eigenvalue weighted by Gasteiger charge is -2.06. The Balaban J connectivity index is 1.96. The average Bonchev–Trinajstić information content (AvgIpc) is 2.78. The van der Waals surface area contributed by atoms with E-state index in [0.29, 0.717) is 34.5 Å². The van der Waals surface area contributed by atoms with Crippen LogP contribution in [0.25, 0.3) is 6.08 Å². The fraction of sp³-hybridized carbons (Fsp3) is 0.167. The fourth-order valence-electron chi connectivity index (χ4n) is 2.44. The van der Waals surface area contributed by atoms with Crippen LogP contribution >= 0.6 is 11.6 Å². The predicted molar refractivity (Wildman–Crippen MR) is 86.7 cm³/mol. The number of Topliss-reactive ketones (excluding diaryl/α,β-unsaturated/α-hetero) is 1. The fourth-order valence-corrected chi connectivity index (χ4v) is 2.56. The molecule has 0 radical (unpaired) electrons. The van der Waals surface area contributed by atoms with E-state index in [2.05, 4.69) is 0 Å². The molecule has 1 aliphatic rings. The van der Waals surface area contributed by atoms with Crippen molar-refractivity contribution in [2.75, 3.05) is 6.61 Å². The highest BCUT2D eigenvalue weighted by Gasteiger charge is 2.29. The maximum atomic E-state index is 12.5. The normalized spacial score (nSPS) is 14.9. The molecule has 0 amide bonds. The van der Waals surface area contributed by atoms with Gasteiger partial charge in [0, 0.05) is 11.1 Å². The number of rotatable bonds is 3. The zero-order valence-electron chi connectivity index (χ0n) is 12.4. The SMILES string of the molecule is CCOc1cc(C)c2c(c1)O/C(=C\c1ccc(Cl)cc1)C2=O. The number of fused-ring (bicyclic) bond motifs is 1. The molecule has 0 atom stereocenters. The summed E-state index contributed by atoms with van der Waals surface area (Å²) in [5.74, 6) is 1.47. The molecule has 0 unspecified atom stereocenters. The predicted octanol–water partition coefficient (Wildman–Crippen LogP) is 4.66. The smallest absolute Gasteiger partial charge is 0.232 e. The van der Waals surface area contributed by atoms with Gasteiger partial charge in [-0.3, -0.25) is 4.79 Å². The molecule has 0 aromatic heterocycles. The average molecular weight is 315 g/mol. The van der Waals surface area contributed by atoms with E-state index in [1.165, 1.54) is 0 Å². The van der Waals surface area contributed by atoms with Gasteiger partial charge in [-0.25, -0.2) is 0 Å². The minimum atomic E-state index is -0.106. The Bertz CT molecular complexity index is 761. The summed E-state index contributed by atoms with van der Waals surface area (Å²) in [6, 6.07) is 10.8. The molecule has 0 N–H and O–H groups in total. The number of ether oxygens (including phenoxy) is 2. The highest BCUT2D eigenvalue weighted by Crippen LogP contribution is 2.37. The maximum Gasteiger partial charge on any atom is 0.232 e. The van der Waals surface area contributed by atoms with Crippen LogP contribution in [0, 0.1) is 6.92 Å². The van der Waals surface area contributed by atoms with Gasteiger partial charge < -0.3 is 9.47 Å². The number of hydrogen-bond donors (Lipinski definition) is 0. The van der Waals surface area contributed by atoms with E-state index in [1.54, 1.807) is 24.3 Å². The van der Waals surface area contributed by atoms with Crippen LogP contribution in [-0.2, 0) is 0 Å². The molecule has 0 saturated heterocycles. The zero-order valence-corrected chi connectivity index (χ0v) is 13.1. The molecule has 0 spiro atoms. The molecule has 0 saturated carbocycles. The summed E-state index contributed by atoms with van der Waals surface area (Å²) >= 11 is 5.87. The zero-order chi connectivity index (χ0) is 15.7. The molecule has 22 heavy (non-hydrogen) atoms. The lowest BCUT2D eigenvalue weighted by molar-refractivity contribution is 0.101. The third kappa shape index (κ3) is 2.72. The molecule has 0 aliphatic carbocycles. The van der Waals surface area contributed by atoms with Crippen LogP contribution in [0.1, 0.15) is 28.4 Å². The first-order valence-corrected chi connectivity index (χ1v) is 7.43. The third-order valence-electron chi connectivity index (χ3n) is 3.42. The minimum Gasteiger partial charge on any atom is -0.494 e. The van der Waals surface area contributed by atoms with E-state index >= 15 is 0 Å². The van der Waals surface area contributed by atoms with Gasteiger partial charge >= 0.3 is 0 Å². The van der Waals surface area contributed by atoms with Gasteiger partial charge in [-0.15, -0.1) is 0 Å². The molecule has 4 heteroatoms. The second kappa shape index (κ2) is 5.85. The van der Waals surface area contributed by atoms with Crippen molar-refractivity contribution in [3.63, 3.8) is 0 Å². The van der Waals surface area contributed by atoms with Crippen LogP contribution in [0.3, 0.4) is 0 Å².